The fraction of sp³-hybridized carbons (Fsp3) is 0.250. The Morgan fingerprint density at radius 2 is 2.05 bits per heavy atom. The molecule has 0 amide bonds. The molecule has 108 valence electrons. The van der Waals surface area contributed by atoms with Crippen LogP contribution >= 0.6 is 27.5 Å². The molecule has 2 rings (SSSR count). The number of benzene rings is 1. The summed E-state index contributed by atoms with van der Waals surface area (Å²) in [4.78, 5) is 0. The average Bonchev–Trinajstić information content (AvgIpc) is 2.77. The van der Waals surface area contributed by atoms with Crippen molar-refractivity contribution in [2.45, 2.75) is 11.1 Å². The van der Waals surface area contributed by atoms with E-state index in [-0.39, 0.29) is 16.1 Å². The minimum absolute atomic E-state index is 0.0407. The number of rotatable bonds is 5. The van der Waals surface area contributed by atoms with Crippen LogP contribution in [0.1, 0.15) is 11.6 Å². The Bertz CT molecular complexity index is 668. The van der Waals surface area contributed by atoms with Gasteiger partial charge in [0, 0.05) is 12.4 Å². The van der Waals surface area contributed by atoms with Crippen LogP contribution in [-0.4, -0.2) is 23.5 Å². The number of alkyl halides is 1. The fourth-order valence-electron chi connectivity index (χ4n) is 1.82. The summed E-state index contributed by atoms with van der Waals surface area (Å²) in [5, 5.41) is 4.35. The minimum Gasteiger partial charge on any atom is -0.255 e. The van der Waals surface area contributed by atoms with Crippen molar-refractivity contribution >= 4 is 37.6 Å². The molecule has 1 aromatic carbocycles. The van der Waals surface area contributed by atoms with Crippen LogP contribution in [0.25, 0.3) is 0 Å². The zero-order chi connectivity index (χ0) is 14.8. The van der Waals surface area contributed by atoms with Gasteiger partial charge in [-0.25, -0.2) is 13.1 Å². The lowest BCUT2D eigenvalue weighted by molar-refractivity contribution is 0.552. The second-order valence-electron chi connectivity index (χ2n) is 4.16. The molecular weight excluding hydrogens is 366 g/mol. The van der Waals surface area contributed by atoms with Crippen molar-refractivity contribution in [1.29, 1.82) is 0 Å². The van der Waals surface area contributed by atoms with Crippen molar-refractivity contribution in [3.8, 4) is 0 Å². The zero-order valence-electron chi connectivity index (χ0n) is 10.6. The molecular formula is C12H13BrClN3O2S. The van der Waals surface area contributed by atoms with Crippen LogP contribution in [0, 0.1) is 0 Å². The van der Waals surface area contributed by atoms with E-state index in [0.29, 0.717) is 5.33 Å². The van der Waals surface area contributed by atoms with Gasteiger partial charge in [-0.1, -0.05) is 57.9 Å². The molecule has 0 aliphatic carbocycles. The molecule has 1 N–H and O–H groups in total. The number of nitrogens with one attached hydrogen (secondary N) is 1. The molecule has 20 heavy (non-hydrogen) atoms. The van der Waals surface area contributed by atoms with Crippen molar-refractivity contribution in [1.82, 2.24) is 14.5 Å². The van der Waals surface area contributed by atoms with Crippen LogP contribution < -0.4 is 4.72 Å². The molecule has 0 radical (unpaired) electrons. The number of nitrogens with zero attached hydrogens (tertiary/aromatic N) is 2. The summed E-state index contributed by atoms with van der Waals surface area (Å²) >= 11 is 9.21. The molecule has 5 nitrogen and oxygen atoms in total. The normalized spacial score (nSPS) is 13.3. The van der Waals surface area contributed by atoms with Gasteiger partial charge in [-0.3, -0.25) is 4.68 Å². The van der Waals surface area contributed by atoms with Crippen molar-refractivity contribution in [3.05, 3.63) is 47.1 Å². The highest BCUT2D eigenvalue weighted by molar-refractivity contribution is 9.09. The van der Waals surface area contributed by atoms with Gasteiger partial charge in [-0.15, -0.1) is 0 Å². The first kappa shape index (κ1) is 15.5. The maximum atomic E-state index is 12.4. The lowest BCUT2D eigenvalue weighted by Gasteiger charge is -2.17. The Hall–Kier alpha value is -0.890. The summed E-state index contributed by atoms with van der Waals surface area (Å²) in [5.74, 6) is 0. The highest BCUT2D eigenvalue weighted by Crippen LogP contribution is 2.23. The van der Waals surface area contributed by atoms with Crippen molar-refractivity contribution in [2.24, 2.45) is 7.05 Å². The van der Waals surface area contributed by atoms with Gasteiger partial charge >= 0.3 is 0 Å². The summed E-state index contributed by atoms with van der Waals surface area (Å²) in [5.41, 5.74) is 0.867. The van der Waals surface area contributed by atoms with Crippen LogP contribution in [0.3, 0.4) is 0 Å². The van der Waals surface area contributed by atoms with Gasteiger partial charge in [0.2, 0.25) is 0 Å². The SMILES string of the molecule is Cn1ncc(Cl)c1S(=O)(=O)NC(CBr)c1ccccc1. The monoisotopic (exact) mass is 377 g/mol. The first-order chi connectivity index (χ1) is 9.45. The van der Waals surface area contributed by atoms with E-state index < -0.39 is 10.0 Å². The Balaban J connectivity index is 2.32. The van der Waals surface area contributed by atoms with E-state index in [4.69, 9.17) is 11.6 Å². The number of aryl methyl sites for hydroxylation is 1. The van der Waals surface area contributed by atoms with Crippen molar-refractivity contribution in [3.63, 3.8) is 0 Å². The quantitative estimate of drug-likeness (QED) is 0.813. The standard InChI is InChI=1S/C12H13BrClN3O2S/c1-17-12(10(14)8-15-17)20(18,19)16-11(7-13)9-5-3-2-4-6-9/h2-6,8,11,16H,7H2,1H3. The Morgan fingerprint density at radius 3 is 2.55 bits per heavy atom. The van der Waals surface area contributed by atoms with Gasteiger partial charge in [0.25, 0.3) is 10.0 Å². The second-order valence-corrected chi connectivity index (χ2v) is 6.84. The number of hydrogen-bond acceptors (Lipinski definition) is 3. The molecule has 0 spiro atoms. The average molecular weight is 379 g/mol. The highest BCUT2D eigenvalue weighted by atomic mass is 79.9. The topological polar surface area (TPSA) is 64.0 Å². The van der Waals surface area contributed by atoms with Gasteiger partial charge < -0.3 is 0 Å². The van der Waals surface area contributed by atoms with E-state index in [2.05, 4.69) is 25.8 Å². The predicted molar refractivity (Wildman–Crippen MR) is 81.5 cm³/mol. The van der Waals surface area contributed by atoms with Gasteiger partial charge in [-0.2, -0.15) is 5.10 Å². The van der Waals surface area contributed by atoms with Gasteiger partial charge in [0.15, 0.2) is 5.03 Å². The Labute approximate surface area is 131 Å². The Kier molecular flexibility index (Phi) is 4.85. The van der Waals surface area contributed by atoms with Crippen LogP contribution in [0.5, 0.6) is 0 Å². The van der Waals surface area contributed by atoms with Gasteiger partial charge in [0.1, 0.15) is 0 Å². The lowest BCUT2D eigenvalue weighted by Crippen LogP contribution is -2.31. The smallest absolute Gasteiger partial charge is 0.255 e. The molecule has 0 aliphatic heterocycles. The summed E-state index contributed by atoms with van der Waals surface area (Å²) < 4.78 is 28.7. The molecule has 1 aromatic heterocycles. The molecule has 1 atom stereocenters. The number of hydrogen-bond donors (Lipinski definition) is 1. The summed E-state index contributed by atoms with van der Waals surface area (Å²) in [6.45, 7) is 0. The summed E-state index contributed by atoms with van der Waals surface area (Å²) in [6.07, 6.45) is 1.31. The van der Waals surface area contributed by atoms with Crippen LogP contribution in [-0.2, 0) is 17.1 Å². The molecule has 0 aliphatic rings. The lowest BCUT2D eigenvalue weighted by atomic mass is 10.1. The summed E-state index contributed by atoms with van der Waals surface area (Å²) in [7, 11) is -2.22. The second kappa shape index (κ2) is 6.26. The number of aromatic nitrogens is 2. The third kappa shape index (κ3) is 3.22. The van der Waals surface area contributed by atoms with E-state index in [1.54, 1.807) is 0 Å². The third-order valence-electron chi connectivity index (χ3n) is 2.75. The third-order valence-corrected chi connectivity index (χ3v) is 5.37. The van der Waals surface area contributed by atoms with Gasteiger partial charge in [0.05, 0.1) is 17.3 Å². The molecule has 0 saturated heterocycles. The predicted octanol–water partition coefficient (Wildman–Crippen LogP) is 2.49. The molecule has 1 unspecified atom stereocenters. The molecule has 2 aromatic rings. The molecule has 0 fully saturated rings. The van der Waals surface area contributed by atoms with Gasteiger partial charge in [-0.05, 0) is 5.56 Å². The number of halogens is 2. The first-order valence-corrected chi connectivity index (χ1v) is 8.74. The van der Waals surface area contributed by atoms with Crippen molar-refractivity contribution in [2.75, 3.05) is 5.33 Å². The van der Waals surface area contributed by atoms with Crippen LogP contribution in [0.15, 0.2) is 41.6 Å². The first-order valence-electron chi connectivity index (χ1n) is 5.76. The minimum atomic E-state index is -3.75. The molecule has 1 heterocycles. The van der Waals surface area contributed by atoms with E-state index >= 15 is 0 Å². The van der Waals surface area contributed by atoms with Crippen LogP contribution in [0.2, 0.25) is 5.02 Å². The molecule has 0 saturated carbocycles. The largest absolute Gasteiger partial charge is 0.259 e. The fourth-order valence-corrected chi connectivity index (χ4v) is 4.45. The van der Waals surface area contributed by atoms with E-state index in [9.17, 15) is 8.42 Å². The van der Waals surface area contributed by atoms with Crippen LogP contribution in [0.4, 0.5) is 0 Å². The van der Waals surface area contributed by atoms with E-state index in [1.165, 1.54) is 17.9 Å². The van der Waals surface area contributed by atoms with E-state index in [0.717, 1.165) is 5.56 Å². The molecule has 0 bridgehead atoms. The highest BCUT2D eigenvalue weighted by Gasteiger charge is 2.26. The molecule has 8 heteroatoms. The number of sulfonamides is 1. The maximum Gasteiger partial charge on any atom is 0.259 e. The zero-order valence-corrected chi connectivity index (χ0v) is 13.8. The Morgan fingerprint density at radius 1 is 1.40 bits per heavy atom. The van der Waals surface area contributed by atoms with Crippen molar-refractivity contribution < 1.29 is 8.42 Å². The van der Waals surface area contributed by atoms with E-state index in [1.807, 2.05) is 30.3 Å². The summed E-state index contributed by atoms with van der Waals surface area (Å²) in [6, 6.07) is 8.93. The maximum absolute atomic E-state index is 12.4.